The molecule has 128 valence electrons. The zero-order valence-electron chi connectivity index (χ0n) is 13.0. The Morgan fingerprint density at radius 1 is 1.20 bits per heavy atom. The lowest BCUT2D eigenvalue weighted by molar-refractivity contribution is 0.104. The van der Waals surface area contributed by atoms with Crippen molar-refractivity contribution < 1.29 is 9.53 Å². The number of aromatic nitrogens is 1. The van der Waals surface area contributed by atoms with Crippen molar-refractivity contribution in [3.8, 4) is 5.75 Å². The number of hydrogen-bond donors (Lipinski definition) is 2. The van der Waals surface area contributed by atoms with Crippen molar-refractivity contribution in [3.63, 3.8) is 0 Å². The molecule has 0 saturated carbocycles. The molecule has 0 aliphatic rings. The van der Waals surface area contributed by atoms with Gasteiger partial charge in [-0.15, -0.1) is 0 Å². The van der Waals surface area contributed by atoms with Gasteiger partial charge in [0.15, 0.2) is 5.13 Å². The standard InChI is InChI=1S/C17H13Cl2N3O2S/c1-24-13-6-5-11(19)8-12(13)21-17-22-16(20)15(25-17)14(23)9-3-2-4-10(18)7-9/h2-8H,20H2,1H3,(H,21,22). The van der Waals surface area contributed by atoms with Crippen molar-refractivity contribution >= 4 is 57.0 Å². The van der Waals surface area contributed by atoms with Gasteiger partial charge in [0.2, 0.25) is 5.78 Å². The van der Waals surface area contributed by atoms with Crippen molar-refractivity contribution in [2.45, 2.75) is 0 Å². The number of hydrogen-bond acceptors (Lipinski definition) is 6. The second-order valence-corrected chi connectivity index (χ2v) is 6.91. The Balaban J connectivity index is 1.91. The fourth-order valence-corrected chi connectivity index (χ4v) is 3.42. The summed E-state index contributed by atoms with van der Waals surface area (Å²) >= 11 is 13.1. The largest absolute Gasteiger partial charge is 0.495 e. The van der Waals surface area contributed by atoms with Crippen molar-refractivity contribution in [2.24, 2.45) is 0 Å². The predicted molar refractivity (Wildman–Crippen MR) is 103 cm³/mol. The van der Waals surface area contributed by atoms with Gasteiger partial charge in [-0.1, -0.05) is 46.7 Å². The highest BCUT2D eigenvalue weighted by Gasteiger charge is 2.19. The molecular weight excluding hydrogens is 381 g/mol. The Morgan fingerprint density at radius 2 is 1.96 bits per heavy atom. The molecule has 0 fully saturated rings. The van der Waals surface area contributed by atoms with Crippen LogP contribution in [0.3, 0.4) is 0 Å². The lowest BCUT2D eigenvalue weighted by Gasteiger charge is -2.09. The predicted octanol–water partition coefficient (Wildman–Crippen LogP) is 5.02. The van der Waals surface area contributed by atoms with Gasteiger partial charge in [-0.25, -0.2) is 4.98 Å². The van der Waals surface area contributed by atoms with Gasteiger partial charge < -0.3 is 15.8 Å². The Hall–Kier alpha value is -2.28. The van der Waals surface area contributed by atoms with Gasteiger partial charge in [0.1, 0.15) is 16.4 Å². The molecule has 3 N–H and O–H groups in total. The molecule has 8 heteroatoms. The molecule has 0 saturated heterocycles. The van der Waals surface area contributed by atoms with Crippen molar-refractivity contribution in [1.29, 1.82) is 0 Å². The Kier molecular flexibility index (Phi) is 5.13. The van der Waals surface area contributed by atoms with Crippen LogP contribution in [-0.2, 0) is 0 Å². The van der Waals surface area contributed by atoms with E-state index in [2.05, 4.69) is 10.3 Å². The van der Waals surface area contributed by atoms with E-state index in [0.29, 0.717) is 37.1 Å². The van der Waals surface area contributed by atoms with E-state index >= 15 is 0 Å². The SMILES string of the molecule is COc1ccc(Cl)cc1Nc1nc(N)c(C(=O)c2cccc(Cl)c2)s1. The van der Waals surface area contributed by atoms with Crippen LogP contribution in [-0.4, -0.2) is 17.9 Å². The molecule has 3 rings (SSSR count). The Bertz CT molecular complexity index is 943. The molecule has 3 aromatic rings. The average molecular weight is 394 g/mol. The summed E-state index contributed by atoms with van der Waals surface area (Å²) < 4.78 is 5.28. The summed E-state index contributed by atoms with van der Waals surface area (Å²) in [4.78, 5) is 17.2. The molecule has 1 heterocycles. The van der Waals surface area contributed by atoms with Crippen molar-refractivity contribution in [3.05, 3.63) is 63.0 Å². The number of rotatable bonds is 5. The van der Waals surface area contributed by atoms with Crippen LogP contribution in [0.1, 0.15) is 15.2 Å². The van der Waals surface area contributed by atoms with E-state index in [-0.39, 0.29) is 11.6 Å². The second kappa shape index (κ2) is 7.31. The van der Waals surface area contributed by atoms with Gasteiger partial charge in [0.05, 0.1) is 12.8 Å². The van der Waals surface area contributed by atoms with Gasteiger partial charge in [-0.2, -0.15) is 0 Å². The van der Waals surface area contributed by atoms with Crippen LogP contribution in [0.2, 0.25) is 10.0 Å². The highest BCUT2D eigenvalue weighted by Crippen LogP contribution is 2.34. The Morgan fingerprint density at radius 3 is 2.68 bits per heavy atom. The molecule has 0 atom stereocenters. The van der Waals surface area contributed by atoms with Crippen LogP contribution >= 0.6 is 34.5 Å². The summed E-state index contributed by atoms with van der Waals surface area (Å²) in [5.41, 5.74) is 7.00. The van der Waals surface area contributed by atoms with Gasteiger partial charge in [-0.3, -0.25) is 4.79 Å². The lowest BCUT2D eigenvalue weighted by Crippen LogP contribution is -2.02. The normalized spacial score (nSPS) is 10.5. The number of halogens is 2. The van der Waals surface area contributed by atoms with Crippen LogP contribution in [0.5, 0.6) is 5.75 Å². The maximum atomic E-state index is 12.6. The first-order valence-corrected chi connectivity index (χ1v) is 8.72. The van der Waals surface area contributed by atoms with Crippen molar-refractivity contribution in [1.82, 2.24) is 4.98 Å². The molecule has 0 aliphatic carbocycles. The number of carbonyl (C=O) groups excluding carboxylic acids is 1. The molecule has 0 bridgehead atoms. The molecule has 0 aliphatic heterocycles. The molecule has 1 aromatic heterocycles. The van der Waals surface area contributed by atoms with Gasteiger partial charge >= 0.3 is 0 Å². The first-order chi connectivity index (χ1) is 12.0. The number of ketones is 1. The molecular formula is C17H13Cl2N3O2S. The van der Waals surface area contributed by atoms with Crippen LogP contribution in [0, 0.1) is 0 Å². The number of thiazole rings is 1. The number of anilines is 3. The minimum atomic E-state index is -0.233. The number of methoxy groups -OCH3 is 1. The number of carbonyl (C=O) groups is 1. The second-order valence-electron chi connectivity index (χ2n) is 5.04. The quantitative estimate of drug-likeness (QED) is 0.595. The molecule has 2 aromatic carbocycles. The summed E-state index contributed by atoms with van der Waals surface area (Å²) in [6.45, 7) is 0. The zero-order valence-corrected chi connectivity index (χ0v) is 15.4. The monoisotopic (exact) mass is 393 g/mol. The summed E-state index contributed by atoms with van der Waals surface area (Å²) in [5, 5.41) is 4.57. The molecule has 0 unspecified atom stereocenters. The van der Waals surface area contributed by atoms with E-state index in [1.54, 1.807) is 49.6 Å². The van der Waals surface area contributed by atoms with E-state index in [0.717, 1.165) is 11.3 Å². The summed E-state index contributed by atoms with van der Waals surface area (Å²) in [7, 11) is 1.55. The van der Waals surface area contributed by atoms with E-state index in [4.69, 9.17) is 33.7 Å². The van der Waals surface area contributed by atoms with Gasteiger partial charge in [0.25, 0.3) is 0 Å². The number of nitrogens with one attached hydrogen (secondary N) is 1. The van der Waals surface area contributed by atoms with E-state index < -0.39 is 0 Å². The van der Waals surface area contributed by atoms with Crippen LogP contribution < -0.4 is 15.8 Å². The van der Waals surface area contributed by atoms with Crippen LogP contribution in [0.4, 0.5) is 16.6 Å². The first-order valence-electron chi connectivity index (χ1n) is 7.15. The number of nitrogens with two attached hydrogens (primary N) is 1. The van der Waals surface area contributed by atoms with E-state index in [1.165, 1.54) is 0 Å². The van der Waals surface area contributed by atoms with E-state index in [9.17, 15) is 4.79 Å². The maximum Gasteiger partial charge on any atom is 0.206 e. The van der Waals surface area contributed by atoms with Gasteiger partial charge in [0, 0.05) is 15.6 Å². The average Bonchev–Trinajstić information content (AvgIpc) is 2.94. The highest BCUT2D eigenvalue weighted by atomic mass is 35.5. The smallest absolute Gasteiger partial charge is 0.206 e. The first kappa shape index (κ1) is 17.5. The summed E-state index contributed by atoms with van der Waals surface area (Å²) in [5.74, 6) is 0.517. The number of benzene rings is 2. The minimum Gasteiger partial charge on any atom is -0.495 e. The van der Waals surface area contributed by atoms with Crippen LogP contribution in [0.15, 0.2) is 42.5 Å². The summed E-state index contributed by atoms with van der Waals surface area (Å²) in [6, 6.07) is 11.8. The number of nitrogen functional groups attached to an aromatic ring is 1. The molecule has 0 amide bonds. The molecule has 0 radical (unpaired) electrons. The molecule has 5 nitrogen and oxygen atoms in total. The lowest BCUT2D eigenvalue weighted by atomic mass is 10.1. The zero-order chi connectivity index (χ0) is 18.0. The summed E-state index contributed by atoms with van der Waals surface area (Å²) in [6.07, 6.45) is 0. The fraction of sp³-hybridized carbons (Fsp3) is 0.0588. The third-order valence-corrected chi connectivity index (χ3v) is 4.81. The molecule has 0 spiro atoms. The van der Waals surface area contributed by atoms with Gasteiger partial charge in [-0.05, 0) is 30.3 Å². The third kappa shape index (κ3) is 3.87. The third-order valence-electron chi connectivity index (χ3n) is 3.35. The number of nitrogens with zero attached hydrogens (tertiary/aromatic N) is 1. The highest BCUT2D eigenvalue weighted by molar-refractivity contribution is 7.18. The van der Waals surface area contributed by atoms with Crippen LogP contribution in [0.25, 0.3) is 0 Å². The fourth-order valence-electron chi connectivity index (χ4n) is 2.20. The van der Waals surface area contributed by atoms with Crippen molar-refractivity contribution in [2.75, 3.05) is 18.2 Å². The minimum absolute atomic E-state index is 0.151. The Labute approximate surface area is 158 Å². The van der Waals surface area contributed by atoms with E-state index in [1.807, 2.05) is 0 Å². The molecule has 25 heavy (non-hydrogen) atoms. The topological polar surface area (TPSA) is 77.2 Å². The maximum absolute atomic E-state index is 12.6. The number of ether oxygens (including phenoxy) is 1.